The third-order valence-electron chi connectivity index (χ3n) is 1.01. The lowest BCUT2D eigenvalue weighted by Gasteiger charge is -2.14. The largest absolute Gasteiger partial charge is 0.478 e. The minimum atomic E-state index is -1.40. The highest BCUT2D eigenvalue weighted by molar-refractivity contribution is 6.76. The molecule has 74 valence electrons. The van der Waals surface area contributed by atoms with Gasteiger partial charge in [0.25, 0.3) is 0 Å². The summed E-state index contributed by atoms with van der Waals surface area (Å²) >= 11 is 0. The standard InChI is InChI=1S/C8H14O4Si/c1-13(2,3)6-12-8(11)5-4-7(9)10/h4-5H,6H2,1-3H3,(H,9,10)/b5-4-. The van der Waals surface area contributed by atoms with Crippen LogP contribution in [0.4, 0.5) is 0 Å². The third-order valence-corrected chi connectivity index (χ3v) is 2.02. The van der Waals surface area contributed by atoms with Crippen LogP contribution in [0.25, 0.3) is 0 Å². The Hall–Kier alpha value is -1.10. The molecule has 0 aliphatic carbocycles. The Kier molecular flexibility index (Phi) is 4.40. The van der Waals surface area contributed by atoms with Crippen LogP contribution >= 0.6 is 0 Å². The van der Waals surface area contributed by atoms with Gasteiger partial charge in [-0.1, -0.05) is 19.6 Å². The van der Waals surface area contributed by atoms with Gasteiger partial charge in [0.1, 0.15) is 0 Å². The maximum atomic E-state index is 10.8. The summed E-state index contributed by atoms with van der Waals surface area (Å²) in [6.45, 7) is 6.17. The fraction of sp³-hybridized carbons (Fsp3) is 0.500. The van der Waals surface area contributed by atoms with Crippen molar-refractivity contribution in [2.24, 2.45) is 0 Å². The van der Waals surface area contributed by atoms with E-state index >= 15 is 0 Å². The average molecular weight is 202 g/mol. The molecular formula is C8H14O4Si. The molecule has 0 radical (unpaired) electrons. The van der Waals surface area contributed by atoms with Crippen molar-refractivity contribution in [3.05, 3.63) is 12.2 Å². The van der Waals surface area contributed by atoms with E-state index in [1.54, 1.807) is 0 Å². The zero-order valence-corrected chi connectivity index (χ0v) is 9.03. The van der Waals surface area contributed by atoms with Crippen molar-refractivity contribution in [1.82, 2.24) is 0 Å². The SMILES string of the molecule is C[Si](C)(C)COC(=O)/C=C\C(=O)O. The zero-order valence-electron chi connectivity index (χ0n) is 8.03. The molecular weight excluding hydrogens is 188 g/mol. The van der Waals surface area contributed by atoms with Gasteiger partial charge < -0.3 is 9.84 Å². The fourth-order valence-corrected chi connectivity index (χ4v) is 1.05. The molecule has 0 unspecified atom stereocenters. The molecule has 1 N–H and O–H groups in total. The number of esters is 1. The van der Waals surface area contributed by atoms with E-state index in [0.29, 0.717) is 6.23 Å². The summed E-state index contributed by atoms with van der Waals surface area (Å²) in [6, 6.07) is 0. The molecule has 0 aromatic rings. The van der Waals surface area contributed by atoms with Gasteiger partial charge in [0.15, 0.2) is 0 Å². The lowest BCUT2D eigenvalue weighted by Crippen LogP contribution is -2.29. The lowest BCUT2D eigenvalue weighted by molar-refractivity contribution is -0.137. The Balaban J connectivity index is 3.83. The summed E-state index contributed by atoms with van der Waals surface area (Å²) in [5, 5.41) is 8.20. The first-order valence-electron chi connectivity index (χ1n) is 3.89. The Morgan fingerprint density at radius 2 is 1.85 bits per heavy atom. The minimum absolute atomic E-state index is 0.412. The quantitative estimate of drug-likeness (QED) is 0.420. The van der Waals surface area contributed by atoms with Crippen LogP contribution in [0.3, 0.4) is 0 Å². The highest BCUT2D eigenvalue weighted by atomic mass is 28.3. The molecule has 0 bridgehead atoms. The molecule has 0 rings (SSSR count). The van der Waals surface area contributed by atoms with Crippen LogP contribution in [-0.4, -0.2) is 31.3 Å². The fourth-order valence-electron chi connectivity index (χ4n) is 0.475. The van der Waals surface area contributed by atoms with Crippen molar-refractivity contribution in [3.8, 4) is 0 Å². The Labute approximate surface area is 78.2 Å². The van der Waals surface area contributed by atoms with Gasteiger partial charge in [-0.3, -0.25) is 0 Å². The summed E-state index contributed by atoms with van der Waals surface area (Å²) in [6.07, 6.45) is 2.10. The molecule has 0 aliphatic rings. The summed E-state index contributed by atoms with van der Waals surface area (Å²) in [5.41, 5.74) is 0. The van der Waals surface area contributed by atoms with E-state index in [2.05, 4.69) is 19.6 Å². The number of rotatable bonds is 4. The molecule has 0 amide bonds. The number of carbonyl (C=O) groups excluding carboxylic acids is 1. The van der Waals surface area contributed by atoms with E-state index < -0.39 is 20.0 Å². The molecule has 4 nitrogen and oxygen atoms in total. The van der Waals surface area contributed by atoms with Crippen molar-refractivity contribution in [3.63, 3.8) is 0 Å². The van der Waals surface area contributed by atoms with Gasteiger partial charge in [0.2, 0.25) is 0 Å². The third kappa shape index (κ3) is 8.81. The average Bonchev–Trinajstić information content (AvgIpc) is 1.95. The number of aliphatic carboxylic acids is 1. The van der Waals surface area contributed by atoms with Gasteiger partial charge in [0, 0.05) is 12.2 Å². The molecule has 0 saturated carbocycles. The van der Waals surface area contributed by atoms with Crippen LogP contribution in [0.15, 0.2) is 12.2 Å². The predicted molar refractivity (Wildman–Crippen MR) is 51.1 cm³/mol. The maximum Gasteiger partial charge on any atom is 0.330 e. The Bertz CT molecular complexity index is 227. The van der Waals surface area contributed by atoms with Crippen LogP contribution in [0, 0.1) is 0 Å². The number of carbonyl (C=O) groups is 2. The molecule has 0 spiro atoms. The van der Waals surface area contributed by atoms with Crippen LogP contribution in [0.5, 0.6) is 0 Å². The van der Waals surface area contributed by atoms with Crippen molar-refractivity contribution >= 4 is 20.0 Å². The highest BCUT2D eigenvalue weighted by Crippen LogP contribution is 2.00. The van der Waals surface area contributed by atoms with Crippen molar-refractivity contribution < 1.29 is 19.4 Å². The number of hydrogen-bond acceptors (Lipinski definition) is 3. The molecule has 0 atom stereocenters. The summed E-state index contributed by atoms with van der Waals surface area (Å²) in [4.78, 5) is 20.9. The molecule has 0 saturated heterocycles. The summed E-state index contributed by atoms with van der Waals surface area (Å²) in [5.74, 6) is -1.74. The first-order valence-corrected chi connectivity index (χ1v) is 7.60. The van der Waals surface area contributed by atoms with Gasteiger partial charge >= 0.3 is 11.9 Å². The maximum absolute atomic E-state index is 10.8. The van der Waals surface area contributed by atoms with Gasteiger partial charge in [-0.25, -0.2) is 9.59 Å². The molecule has 5 heteroatoms. The van der Waals surface area contributed by atoms with Crippen LogP contribution < -0.4 is 0 Å². The normalized spacial score (nSPS) is 11.6. The molecule has 13 heavy (non-hydrogen) atoms. The van der Waals surface area contributed by atoms with Crippen LogP contribution in [0.1, 0.15) is 0 Å². The Morgan fingerprint density at radius 3 is 2.23 bits per heavy atom. The monoisotopic (exact) mass is 202 g/mol. The first-order chi connectivity index (χ1) is 5.81. The number of carboxylic acid groups (broad SMARTS) is 1. The molecule has 0 aromatic heterocycles. The molecule has 0 fully saturated rings. The predicted octanol–water partition coefficient (Wildman–Crippen LogP) is 1.05. The second-order valence-corrected chi connectivity index (χ2v) is 9.25. The zero-order chi connectivity index (χ0) is 10.5. The van der Waals surface area contributed by atoms with Crippen LogP contribution in [0.2, 0.25) is 19.6 Å². The highest BCUT2D eigenvalue weighted by Gasteiger charge is 2.15. The van der Waals surface area contributed by atoms with Gasteiger partial charge in [-0.15, -0.1) is 0 Å². The van der Waals surface area contributed by atoms with E-state index in [4.69, 9.17) is 9.84 Å². The van der Waals surface area contributed by atoms with Gasteiger partial charge in [0.05, 0.1) is 14.3 Å². The van der Waals surface area contributed by atoms with Gasteiger partial charge in [-0.05, 0) is 0 Å². The van der Waals surface area contributed by atoms with E-state index in [9.17, 15) is 9.59 Å². The van der Waals surface area contributed by atoms with E-state index in [1.165, 1.54) is 0 Å². The van der Waals surface area contributed by atoms with Gasteiger partial charge in [-0.2, -0.15) is 0 Å². The smallest absolute Gasteiger partial charge is 0.330 e. The second kappa shape index (κ2) is 4.81. The Morgan fingerprint density at radius 1 is 1.31 bits per heavy atom. The molecule has 0 aromatic carbocycles. The minimum Gasteiger partial charge on any atom is -0.478 e. The topological polar surface area (TPSA) is 63.6 Å². The lowest BCUT2D eigenvalue weighted by atomic mass is 10.5. The first kappa shape index (κ1) is 11.9. The van der Waals surface area contributed by atoms with Crippen LogP contribution in [-0.2, 0) is 14.3 Å². The molecule has 0 heterocycles. The van der Waals surface area contributed by atoms with E-state index in [0.717, 1.165) is 12.2 Å². The summed E-state index contributed by atoms with van der Waals surface area (Å²) in [7, 11) is -1.40. The van der Waals surface area contributed by atoms with Crippen molar-refractivity contribution in [1.29, 1.82) is 0 Å². The van der Waals surface area contributed by atoms with E-state index in [-0.39, 0.29) is 0 Å². The number of hydrogen-bond donors (Lipinski definition) is 1. The van der Waals surface area contributed by atoms with Crippen molar-refractivity contribution in [2.45, 2.75) is 19.6 Å². The molecule has 0 aliphatic heterocycles. The number of ether oxygens (including phenoxy) is 1. The van der Waals surface area contributed by atoms with Crippen molar-refractivity contribution in [2.75, 3.05) is 6.23 Å². The van der Waals surface area contributed by atoms with E-state index in [1.807, 2.05) is 0 Å². The second-order valence-electron chi connectivity index (χ2n) is 3.84. The summed E-state index contributed by atoms with van der Waals surface area (Å²) < 4.78 is 4.83. The number of carboxylic acids is 1.